The third-order valence-corrected chi connectivity index (χ3v) is 6.12. The van der Waals surface area contributed by atoms with Crippen molar-refractivity contribution in [1.82, 2.24) is 10.3 Å². The Morgan fingerprint density at radius 2 is 2.00 bits per heavy atom. The average Bonchev–Trinajstić information content (AvgIpc) is 3.22. The Bertz CT molecular complexity index is 1160. The highest BCUT2D eigenvalue weighted by Crippen LogP contribution is 2.34. The quantitative estimate of drug-likeness (QED) is 0.505. The molecule has 3 aromatic rings. The molecule has 2 unspecified atom stereocenters. The summed E-state index contributed by atoms with van der Waals surface area (Å²) in [6, 6.07) is 12.1. The Labute approximate surface area is 184 Å². The van der Waals surface area contributed by atoms with Gasteiger partial charge >= 0.3 is 0 Å². The molecule has 0 spiro atoms. The van der Waals surface area contributed by atoms with Gasteiger partial charge in [0.15, 0.2) is 5.58 Å². The topological polar surface area (TPSA) is 58.3 Å². The van der Waals surface area contributed by atoms with Crippen LogP contribution in [0.3, 0.4) is 0 Å². The van der Waals surface area contributed by atoms with E-state index in [-0.39, 0.29) is 6.04 Å². The zero-order chi connectivity index (χ0) is 22.2. The minimum absolute atomic E-state index is 0.184. The Morgan fingerprint density at radius 3 is 2.68 bits per heavy atom. The van der Waals surface area contributed by atoms with Crippen LogP contribution in [0.4, 0.5) is 0 Å². The maximum atomic E-state index is 10.4. The third kappa shape index (κ3) is 4.21. The molecule has 1 aromatic carbocycles. The van der Waals surface area contributed by atoms with Gasteiger partial charge in [-0.3, -0.25) is 4.98 Å². The van der Waals surface area contributed by atoms with Gasteiger partial charge in [-0.25, -0.2) is 0 Å². The van der Waals surface area contributed by atoms with Crippen molar-refractivity contribution in [2.45, 2.75) is 45.8 Å². The molecule has 2 aromatic heterocycles. The molecule has 0 saturated heterocycles. The number of nitrogens with zero attached hydrogens (tertiary/aromatic N) is 1. The van der Waals surface area contributed by atoms with Crippen LogP contribution in [-0.2, 0) is 0 Å². The van der Waals surface area contributed by atoms with Gasteiger partial charge < -0.3 is 14.8 Å². The van der Waals surface area contributed by atoms with Crippen LogP contribution in [0.2, 0.25) is 0 Å². The molecule has 1 aliphatic heterocycles. The number of pyridine rings is 1. The number of rotatable bonds is 6. The SMILES string of the molecule is C=C(c1ccc(-c2cc3nccc(C4=CC(C(C)(C)O)NC=C4)c3o2)cc1)C(C)CC. The van der Waals surface area contributed by atoms with Gasteiger partial charge in [0.05, 0.1) is 11.6 Å². The summed E-state index contributed by atoms with van der Waals surface area (Å²) >= 11 is 0. The van der Waals surface area contributed by atoms with Crippen molar-refractivity contribution in [3.05, 3.63) is 78.7 Å². The highest BCUT2D eigenvalue weighted by Gasteiger charge is 2.26. The van der Waals surface area contributed by atoms with Crippen molar-refractivity contribution in [2.24, 2.45) is 5.92 Å². The lowest BCUT2D eigenvalue weighted by Gasteiger charge is -2.29. The minimum atomic E-state index is -0.877. The third-order valence-electron chi connectivity index (χ3n) is 6.12. The summed E-state index contributed by atoms with van der Waals surface area (Å²) in [5.74, 6) is 1.25. The first kappa shape index (κ1) is 21.1. The van der Waals surface area contributed by atoms with Crippen LogP contribution in [-0.4, -0.2) is 21.7 Å². The van der Waals surface area contributed by atoms with E-state index in [1.807, 2.05) is 30.5 Å². The molecule has 4 nitrogen and oxygen atoms in total. The molecule has 31 heavy (non-hydrogen) atoms. The van der Waals surface area contributed by atoms with Crippen molar-refractivity contribution < 1.29 is 9.52 Å². The van der Waals surface area contributed by atoms with Crippen LogP contribution in [0.15, 0.2) is 71.9 Å². The van der Waals surface area contributed by atoms with Gasteiger partial charge in [0.2, 0.25) is 0 Å². The van der Waals surface area contributed by atoms with Gasteiger partial charge in [-0.05, 0) is 61.2 Å². The van der Waals surface area contributed by atoms with Crippen LogP contribution in [0, 0.1) is 5.92 Å². The predicted octanol–water partition coefficient (Wildman–Crippen LogP) is 6.19. The number of dihydropyridines is 1. The van der Waals surface area contributed by atoms with E-state index in [2.05, 4.69) is 55.0 Å². The molecule has 0 bridgehead atoms. The zero-order valence-corrected chi connectivity index (χ0v) is 18.6. The Hall–Kier alpha value is -3.11. The summed E-state index contributed by atoms with van der Waals surface area (Å²) in [4.78, 5) is 4.51. The minimum Gasteiger partial charge on any atom is -0.454 e. The number of furan rings is 1. The van der Waals surface area contributed by atoms with Gasteiger partial charge in [0, 0.05) is 23.4 Å². The van der Waals surface area contributed by atoms with Crippen LogP contribution in [0.5, 0.6) is 0 Å². The van der Waals surface area contributed by atoms with Crippen molar-refractivity contribution in [3.63, 3.8) is 0 Å². The monoisotopic (exact) mass is 414 g/mol. The van der Waals surface area contributed by atoms with Gasteiger partial charge in [0.1, 0.15) is 11.3 Å². The Morgan fingerprint density at radius 1 is 1.26 bits per heavy atom. The number of aliphatic hydroxyl groups is 1. The van der Waals surface area contributed by atoms with E-state index in [1.165, 1.54) is 0 Å². The number of nitrogens with one attached hydrogen (secondary N) is 1. The van der Waals surface area contributed by atoms with E-state index >= 15 is 0 Å². The number of fused-ring (bicyclic) bond motifs is 1. The molecule has 160 valence electrons. The summed E-state index contributed by atoms with van der Waals surface area (Å²) in [5.41, 5.74) is 5.98. The second-order valence-corrected chi connectivity index (χ2v) is 8.85. The number of aromatic nitrogens is 1. The van der Waals surface area contributed by atoms with Crippen LogP contribution in [0.25, 0.3) is 33.6 Å². The van der Waals surface area contributed by atoms with E-state index in [0.29, 0.717) is 5.92 Å². The zero-order valence-electron chi connectivity index (χ0n) is 18.6. The van der Waals surface area contributed by atoms with Crippen LogP contribution in [0.1, 0.15) is 45.2 Å². The van der Waals surface area contributed by atoms with Gasteiger partial charge in [0.25, 0.3) is 0 Å². The molecule has 2 N–H and O–H groups in total. The van der Waals surface area contributed by atoms with E-state index in [1.54, 1.807) is 20.0 Å². The fourth-order valence-corrected chi connectivity index (χ4v) is 3.80. The Kier molecular flexibility index (Phi) is 5.59. The standard InChI is InChI=1S/C27H30N2O2/c1-6-17(2)18(3)19-7-9-20(10-8-19)24-16-23-26(31-24)22(12-14-28-23)21-11-13-29-25(15-21)27(4,5)30/h7-17,25,29-30H,3,6H2,1-2,4-5H3. The van der Waals surface area contributed by atoms with Gasteiger partial charge in [-0.2, -0.15) is 0 Å². The van der Waals surface area contributed by atoms with E-state index in [9.17, 15) is 5.11 Å². The summed E-state index contributed by atoms with van der Waals surface area (Å²) in [5, 5.41) is 13.6. The van der Waals surface area contributed by atoms with Crippen molar-refractivity contribution in [1.29, 1.82) is 0 Å². The molecule has 0 radical (unpaired) electrons. The number of hydrogen-bond acceptors (Lipinski definition) is 4. The highest BCUT2D eigenvalue weighted by molar-refractivity contribution is 5.93. The lowest BCUT2D eigenvalue weighted by Crippen LogP contribution is -2.44. The normalized spacial score (nSPS) is 17.3. The molecule has 0 amide bonds. The molecule has 2 atom stereocenters. The molecule has 0 fully saturated rings. The fourth-order valence-electron chi connectivity index (χ4n) is 3.80. The molecule has 0 saturated carbocycles. The van der Waals surface area contributed by atoms with E-state index < -0.39 is 5.60 Å². The number of allylic oxidation sites excluding steroid dienone is 3. The van der Waals surface area contributed by atoms with Crippen LogP contribution >= 0.6 is 0 Å². The van der Waals surface area contributed by atoms with E-state index in [4.69, 9.17) is 4.42 Å². The maximum Gasteiger partial charge on any atom is 0.161 e. The average molecular weight is 415 g/mol. The molecular weight excluding hydrogens is 384 g/mol. The maximum absolute atomic E-state index is 10.4. The molecule has 4 rings (SSSR count). The summed E-state index contributed by atoms with van der Waals surface area (Å²) in [6.45, 7) is 12.2. The largest absolute Gasteiger partial charge is 0.454 e. The second-order valence-electron chi connectivity index (χ2n) is 8.85. The molecule has 3 heterocycles. The van der Waals surface area contributed by atoms with Crippen molar-refractivity contribution in [2.75, 3.05) is 0 Å². The first-order valence-electron chi connectivity index (χ1n) is 10.8. The molecule has 1 aliphatic rings. The molecular formula is C27H30N2O2. The lowest BCUT2D eigenvalue weighted by atomic mass is 9.92. The first-order valence-corrected chi connectivity index (χ1v) is 10.8. The van der Waals surface area contributed by atoms with E-state index in [0.717, 1.165) is 51.1 Å². The van der Waals surface area contributed by atoms with Crippen molar-refractivity contribution in [3.8, 4) is 11.3 Å². The molecule has 0 aliphatic carbocycles. The highest BCUT2D eigenvalue weighted by atomic mass is 16.3. The van der Waals surface area contributed by atoms with Gasteiger partial charge in [-0.15, -0.1) is 0 Å². The summed E-state index contributed by atoms with van der Waals surface area (Å²) < 4.78 is 6.29. The van der Waals surface area contributed by atoms with Crippen LogP contribution < -0.4 is 5.32 Å². The Balaban J connectivity index is 1.69. The first-order chi connectivity index (χ1) is 14.8. The van der Waals surface area contributed by atoms with Crippen molar-refractivity contribution >= 4 is 22.2 Å². The number of benzene rings is 1. The van der Waals surface area contributed by atoms with Gasteiger partial charge in [-0.1, -0.05) is 50.8 Å². The lowest BCUT2D eigenvalue weighted by molar-refractivity contribution is 0.0587. The molecule has 4 heteroatoms. The second kappa shape index (κ2) is 8.20. The number of hydrogen-bond donors (Lipinski definition) is 2. The summed E-state index contributed by atoms with van der Waals surface area (Å²) in [7, 11) is 0. The summed E-state index contributed by atoms with van der Waals surface area (Å²) in [6.07, 6.45) is 8.77. The predicted molar refractivity (Wildman–Crippen MR) is 128 cm³/mol. The smallest absolute Gasteiger partial charge is 0.161 e. The fraction of sp³-hybridized carbons (Fsp3) is 0.296.